The van der Waals surface area contributed by atoms with E-state index in [1.165, 1.54) is 6.07 Å². The number of amides is 1. The first-order valence-electron chi connectivity index (χ1n) is 13.2. The maximum atomic E-state index is 15.5. The number of carbonyl (C=O) groups is 4. The van der Waals surface area contributed by atoms with E-state index < -0.39 is 66.6 Å². The van der Waals surface area contributed by atoms with Crippen LogP contribution in [-0.4, -0.2) is 75.1 Å². The van der Waals surface area contributed by atoms with Gasteiger partial charge in [-0.05, 0) is 42.5 Å². The lowest BCUT2D eigenvalue weighted by Gasteiger charge is -2.35. The fourth-order valence-corrected chi connectivity index (χ4v) is 5.14. The summed E-state index contributed by atoms with van der Waals surface area (Å²) in [6.45, 7) is 0.103. The molecule has 1 aliphatic rings. The van der Waals surface area contributed by atoms with Crippen LogP contribution < -0.4 is 0 Å². The molecular formula is C31H30FNO9. The quantitative estimate of drug-likeness (QED) is 0.272. The molecule has 1 aliphatic heterocycles. The van der Waals surface area contributed by atoms with Crippen molar-refractivity contribution in [3.8, 4) is 11.1 Å². The highest BCUT2D eigenvalue weighted by Gasteiger charge is 2.58. The Morgan fingerprint density at radius 2 is 1.57 bits per heavy atom. The van der Waals surface area contributed by atoms with Crippen molar-refractivity contribution in [2.75, 3.05) is 13.2 Å². The van der Waals surface area contributed by atoms with Crippen molar-refractivity contribution in [1.29, 1.82) is 0 Å². The number of hydrogen-bond acceptors (Lipinski definition) is 6. The van der Waals surface area contributed by atoms with Gasteiger partial charge in [0.2, 0.25) is 0 Å². The van der Waals surface area contributed by atoms with Crippen LogP contribution in [0, 0.1) is 5.82 Å². The molecule has 3 aromatic carbocycles. The molecule has 1 heterocycles. The van der Waals surface area contributed by atoms with Crippen LogP contribution in [0.25, 0.3) is 11.1 Å². The molecule has 42 heavy (non-hydrogen) atoms. The van der Waals surface area contributed by atoms with Gasteiger partial charge in [-0.25, -0.2) is 14.0 Å². The molecule has 0 radical (unpaired) electrons. The molecule has 1 fully saturated rings. The summed E-state index contributed by atoms with van der Waals surface area (Å²) in [6.07, 6.45) is -0.766. The summed E-state index contributed by atoms with van der Waals surface area (Å²) in [7, 11) is 0. The van der Waals surface area contributed by atoms with Gasteiger partial charge in [-0.2, -0.15) is 0 Å². The van der Waals surface area contributed by atoms with E-state index in [4.69, 9.17) is 9.47 Å². The summed E-state index contributed by atoms with van der Waals surface area (Å²) in [6, 6.07) is 22.3. The van der Waals surface area contributed by atoms with Gasteiger partial charge in [0.15, 0.2) is 6.10 Å². The van der Waals surface area contributed by atoms with Gasteiger partial charge in [0.05, 0.1) is 6.61 Å². The van der Waals surface area contributed by atoms with Crippen molar-refractivity contribution in [3.63, 3.8) is 0 Å². The molecule has 1 amide bonds. The summed E-state index contributed by atoms with van der Waals surface area (Å²) in [5, 5.41) is 28.4. The molecule has 0 aliphatic carbocycles. The number of carboxylic acid groups (broad SMARTS) is 3. The van der Waals surface area contributed by atoms with Crippen molar-refractivity contribution in [2.24, 2.45) is 0 Å². The van der Waals surface area contributed by atoms with Gasteiger partial charge in [0, 0.05) is 17.5 Å². The number of carboxylic acids is 3. The van der Waals surface area contributed by atoms with Crippen molar-refractivity contribution < 1.29 is 48.4 Å². The first-order valence-corrected chi connectivity index (χ1v) is 13.2. The van der Waals surface area contributed by atoms with Crippen LogP contribution in [0.4, 0.5) is 4.39 Å². The Bertz CT molecular complexity index is 1430. The summed E-state index contributed by atoms with van der Waals surface area (Å²) in [5.41, 5.74) is 2.56. The molecule has 0 saturated carbocycles. The van der Waals surface area contributed by atoms with E-state index in [1.807, 2.05) is 36.4 Å². The Hall–Kier alpha value is -4.61. The molecule has 11 heteroatoms. The van der Waals surface area contributed by atoms with E-state index in [1.54, 1.807) is 43.3 Å². The zero-order valence-electron chi connectivity index (χ0n) is 22.7. The second-order valence-corrected chi connectivity index (χ2v) is 9.98. The third-order valence-electron chi connectivity index (χ3n) is 7.34. The van der Waals surface area contributed by atoms with E-state index in [0.717, 1.165) is 10.5 Å². The Labute approximate surface area is 240 Å². The standard InChI is InChI=1S/C31H30FNO9/c1-19(33(17-27(34)35)28(36)26-18-41-31(42-26,29(37)38)30(39)40)23(14-12-20-8-4-2-5-9-20)22-13-15-24(25(32)16-22)21-10-6-3-7-11-21/h2-11,13,15-16,19,23,26H,12,14,17-18H2,1H3,(H,34,35)(H,37,38)(H,39,40)/t19-,23+,26+/m1/s1. The molecule has 3 aromatic rings. The van der Waals surface area contributed by atoms with Crippen LogP contribution in [0.5, 0.6) is 0 Å². The maximum absolute atomic E-state index is 15.5. The Kier molecular flexibility index (Phi) is 9.34. The SMILES string of the molecule is C[C@H]([C@H](CCc1ccccc1)c1ccc(-c2ccccc2)c(F)c1)N(CC(=O)O)C(=O)[C@@H]1COC(C(=O)O)(C(=O)O)O1. The highest BCUT2D eigenvalue weighted by atomic mass is 19.1. The number of nitrogens with zero attached hydrogens (tertiary/aromatic N) is 1. The minimum Gasteiger partial charge on any atom is -0.480 e. The number of rotatable bonds is 12. The zero-order valence-corrected chi connectivity index (χ0v) is 22.7. The first kappa shape index (κ1) is 30.4. The largest absolute Gasteiger partial charge is 0.480 e. The number of halogens is 1. The smallest absolute Gasteiger partial charge is 0.377 e. The normalized spacial score (nSPS) is 17.2. The molecule has 0 aromatic heterocycles. The lowest BCUT2D eigenvalue weighted by molar-refractivity contribution is -0.218. The molecular weight excluding hydrogens is 549 g/mol. The average Bonchev–Trinajstić information content (AvgIpc) is 3.44. The third-order valence-corrected chi connectivity index (χ3v) is 7.34. The molecule has 1 saturated heterocycles. The van der Waals surface area contributed by atoms with Gasteiger partial charge in [0.25, 0.3) is 5.91 Å². The lowest BCUT2D eigenvalue weighted by Crippen LogP contribution is -2.52. The maximum Gasteiger partial charge on any atom is 0.377 e. The van der Waals surface area contributed by atoms with Crippen LogP contribution in [-0.2, 0) is 35.1 Å². The summed E-state index contributed by atoms with van der Waals surface area (Å²) in [5.74, 6) is -10.4. The van der Waals surface area contributed by atoms with Gasteiger partial charge in [0.1, 0.15) is 12.4 Å². The number of aryl methyl sites for hydroxylation is 1. The molecule has 0 unspecified atom stereocenters. The van der Waals surface area contributed by atoms with Crippen molar-refractivity contribution in [1.82, 2.24) is 4.90 Å². The van der Waals surface area contributed by atoms with Gasteiger partial charge in [-0.3, -0.25) is 9.59 Å². The van der Waals surface area contributed by atoms with Crippen molar-refractivity contribution in [3.05, 3.63) is 95.8 Å². The number of carbonyl (C=O) groups excluding carboxylic acids is 1. The van der Waals surface area contributed by atoms with E-state index in [9.17, 15) is 34.5 Å². The van der Waals surface area contributed by atoms with Gasteiger partial charge in [-0.1, -0.05) is 72.8 Å². The van der Waals surface area contributed by atoms with Crippen LogP contribution in [0.15, 0.2) is 78.9 Å². The fourth-order valence-electron chi connectivity index (χ4n) is 5.14. The average molecular weight is 580 g/mol. The third kappa shape index (κ3) is 6.48. The molecule has 4 rings (SSSR count). The second kappa shape index (κ2) is 12.9. The van der Waals surface area contributed by atoms with E-state index in [2.05, 4.69) is 0 Å². The molecule has 0 spiro atoms. The monoisotopic (exact) mass is 579 g/mol. The Morgan fingerprint density at radius 3 is 2.12 bits per heavy atom. The number of hydrogen-bond donors (Lipinski definition) is 3. The summed E-state index contributed by atoms with van der Waals surface area (Å²) < 4.78 is 25.4. The van der Waals surface area contributed by atoms with E-state index in [0.29, 0.717) is 29.5 Å². The molecule has 220 valence electrons. The Balaban J connectivity index is 1.68. The van der Waals surface area contributed by atoms with Crippen LogP contribution in [0.3, 0.4) is 0 Å². The second-order valence-electron chi connectivity index (χ2n) is 9.98. The highest BCUT2D eigenvalue weighted by Crippen LogP contribution is 2.34. The van der Waals surface area contributed by atoms with Crippen LogP contribution in [0.2, 0.25) is 0 Å². The highest BCUT2D eigenvalue weighted by molar-refractivity contribution is 6.01. The van der Waals surface area contributed by atoms with Gasteiger partial charge >= 0.3 is 23.7 Å². The summed E-state index contributed by atoms with van der Waals surface area (Å²) >= 11 is 0. The van der Waals surface area contributed by atoms with Crippen molar-refractivity contribution in [2.45, 2.75) is 43.6 Å². The summed E-state index contributed by atoms with van der Waals surface area (Å²) in [4.78, 5) is 49.6. The molecule has 10 nitrogen and oxygen atoms in total. The van der Waals surface area contributed by atoms with Crippen LogP contribution in [0.1, 0.15) is 30.4 Å². The topological polar surface area (TPSA) is 151 Å². The lowest BCUT2D eigenvalue weighted by atomic mass is 9.85. The minimum atomic E-state index is -3.10. The zero-order chi connectivity index (χ0) is 30.4. The Morgan fingerprint density at radius 1 is 0.952 bits per heavy atom. The van der Waals surface area contributed by atoms with Crippen LogP contribution >= 0.6 is 0 Å². The molecule has 3 atom stereocenters. The van der Waals surface area contributed by atoms with Gasteiger partial charge < -0.3 is 29.7 Å². The van der Waals surface area contributed by atoms with Gasteiger partial charge in [-0.15, -0.1) is 0 Å². The first-order chi connectivity index (χ1) is 20.0. The predicted octanol–water partition coefficient (Wildman–Crippen LogP) is 3.79. The molecule has 3 N–H and O–H groups in total. The minimum absolute atomic E-state index is 0.377. The van der Waals surface area contributed by atoms with Crippen molar-refractivity contribution >= 4 is 23.8 Å². The fraction of sp³-hybridized carbons (Fsp3) is 0.290. The van der Waals surface area contributed by atoms with E-state index >= 15 is 4.39 Å². The molecule has 0 bridgehead atoms. The van der Waals surface area contributed by atoms with E-state index in [-0.39, 0.29) is 0 Å². The number of benzene rings is 3. The number of ether oxygens (including phenoxy) is 2. The number of aliphatic carboxylic acids is 3. The predicted molar refractivity (Wildman–Crippen MR) is 147 cm³/mol.